The van der Waals surface area contributed by atoms with Crippen molar-refractivity contribution in [3.05, 3.63) is 196 Å². The molecule has 8 rings (SSSR count). The topological polar surface area (TPSA) is 0 Å². The van der Waals surface area contributed by atoms with Crippen LogP contribution >= 0.6 is 0 Å². The monoisotopic (exact) mass is 666 g/mol. The Kier molecular flexibility index (Phi) is 9.83. The molecule has 0 aromatic heterocycles. The van der Waals surface area contributed by atoms with Gasteiger partial charge in [-0.05, 0) is 0 Å². The summed E-state index contributed by atoms with van der Waals surface area (Å²) in [6.45, 7) is 0. The first-order valence-electron chi connectivity index (χ1n) is 15.5. The molecule has 6 aromatic rings. The van der Waals surface area contributed by atoms with Crippen molar-refractivity contribution in [2.75, 3.05) is 0 Å². The molecule has 0 bridgehead atoms. The van der Waals surface area contributed by atoms with Crippen LogP contribution in [0.4, 0.5) is 0 Å². The van der Waals surface area contributed by atoms with Crippen LogP contribution in [0.15, 0.2) is 174 Å². The molecule has 3 heteroatoms. The standard InChI is InChI=1S/C25H18.C13H9.C5H5.2ClH.Ti/c1-3-7-22(8-4-1)24-15-11-20(12-16-24)19-21-13-17-25(18-14-21)23-9-5-2-6-10-23;1-3-7-12-10(5-1)9-11-6-2-4-8-13(11)12;1-2-4-5-3-1;;;/h1-18H;1-5,7-8H,9H2;1-3H,4H2;2*1H;/q;;;;;+2/p-2. The minimum atomic E-state index is -2.25. The fraction of sp³-hybridized carbons (Fsp3) is 0.0465. The molecule has 2 aliphatic rings. The van der Waals surface area contributed by atoms with Crippen molar-refractivity contribution in [3.63, 3.8) is 0 Å². The van der Waals surface area contributed by atoms with Gasteiger partial charge in [-0.1, -0.05) is 0 Å². The quantitative estimate of drug-likeness (QED) is 0.236. The maximum absolute atomic E-state index is 2.45. The van der Waals surface area contributed by atoms with Gasteiger partial charge in [-0.2, -0.15) is 0 Å². The average Bonchev–Trinajstić information content (AvgIpc) is 3.77. The SMILES string of the molecule is C1=CC[C]([Ti+2](=[C](c2ccc(-c3ccccc3)cc2)c2ccc(-c3ccccc3)cc2)[c]2cccc3c2Cc2ccccc2-3)=C1.[Cl-].[Cl-]. The molecular weight excluding hydrogens is 635 g/mol. The fourth-order valence-electron chi connectivity index (χ4n) is 6.87. The molecule has 0 amide bonds. The molecular formula is C43H32Cl2Ti. The van der Waals surface area contributed by atoms with Crippen molar-refractivity contribution < 1.29 is 42.2 Å². The van der Waals surface area contributed by atoms with Gasteiger partial charge in [0.2, 0.25) is 0 Å². The van der Waals surface area contributed by atoms with E-state index in [1.54, 1.807) is 7.75 Å². The van der Waals surface area contributed by atoms with Crippen LogP contribution < -0.4 is 28.7 Å². The molecule has 46 heavy (non-hydrogen) atoms. The number of hydrogen-bond donors (Lipinski definition) is 0. The van der Waals surface area contributed by atoms with Crippen LogP contribution in [0.5, 0.6) is 0 Å². The predicted octanol–water partition coefficient (Wildman–Crippen LogP) is 3.96. The smallest absolute Gasteiger partial charge is 1.00 e. The average molecular weight is 668 g/mol. The number of fused-ring (bicyclic) bond motifs is 3. The second kappa shape index (κ2) is 14.2. The summed E-state index contributed by atoms with van der Waals surface area (Å²) in [4.78, 5) is 0. The Bertz CT molecular complexity index is 1990. The number of rotatable bonds is 6. The van der Waals surface area contributed by atoms with E-state index in [0.717, 1.165) is 12.8 Å². The molecule has 0 fully saturated rings. The summed E-state index contributed by atoms with van der Waals surface area (Å²) in [7, 11) is 0. The summed E-state index contributed by atoms with van der Waals surface area (Å²) in [5, 5.41) is 0. The van der Waals surface area contributed by atoms with E-state index in [9.17, 15) is 0 Å². The van der Waals surface area contributed by atoms with Crippen molar-refractivity contribution in [2.24, 2.45) is 0 Å². The second-order valence-corrected chi connectivity index (χ2v) is 15.4. The zero-order valence-electron chi connectivity index (χ0n) is 25.3. The molecule has 0 N–H and O–H groups in total. The molecule has 0 radical (unpaired) electrons. The van der Waals surface area contributed by atoms with Crippen molar-refractivity contribution >= 4 is 7.68 Å². The van der Waals surface area contributed by atoms with Crippen LogP contribution in [-0.2, 0) is 23.8 Å². The summed E-state index contributed by atoms with van der Waals surface area (Å²) in [6, 6.07) is 56.2. The van der Waals surface area contributed by atoms with E-state index in [4.69, 9.17) is 0 Å². The van der Waals surface area contributed by atoms with E-state index in [1.807, 2.05) is 0 Å². The zero-order valence-corrected chi connectivity index (χ0v) is 28.4. The zero-order chi connectivity index (χ0) is 29.3. The normalized spacial score (nSPS) is 12.1. The molecule has 0 unspecified atom stereocenters. The van der Waals surface area contributed by atoms with Crippen LogP contribution in [0.1, 0.15) is 28.7 Å². The van der Waals surface area contributed by atoms with Gasteiger partial charge in [0.1, 0.15) is 0 Å². The van der Waals surface area contributed by atoms with Gasteiger partial charge in [-0.3, -0.25) is 0 Å². The van der Waals surface area contributed by atoms with Crippen molar-refractivity contribution in [1.82, 2.24) is 0 Å². The number of halogens is 2. The van der Waals surface area contributed by atoms with E-state index in [2.05, 4.69) is 170 Å². The fourth-order valence-corrected chi connectivity index (χ4v) is 11.9. The largest absolute Gasteiger partial charge is 1.00 e. The van der Waals surface area contributed by atoms with Crippen LogP contribution in [-0.4, -0.2) is 3.81 Å². The first-order valence-corrected chi connectivity index (χ1v) is 17.8. The minimum Gasteiger partial charge on any atom is -1.00 e. The summed E-state index contributed by atoms with van der Waals surface area (Å²) >= 11 is -2.25. The third-order valence-electron chi connectivity index (χ3n) is 9.02. The van der Waals surface area contributed by atoms with Gasteiger partial charge in [0, 0.05) is 0 Å². The molecule has 0 saturated carbocycles. The molecule has 0 nitrogen and oxygen atoms in total. The minimum absolute atomic E-state index is 0. The predicted molar refractivity (Wildman–Crippen MR) is 183 cm³/mol. The maximum atomic E-state index is 2.45. The number of benzene rings is 6. The van der Waals surface area contributed by atoms with Gasteiger partial charge >= 0.3 is 267 Å². The van der Waals surface area contributed by atoms with Gasteiger partial charge < -0.3 is 24.8 Å². The molecule has 0 saturated heterocycles. The molecule has 0 atom stereocenters. The summed E-state index contributed by atoms with van der Waals surface area (Å²) in [6.07, 6.45) is 9.10. The molecule has 0 heterocycles. The molecule has 222 valence electrons. The van der Waals surface area contributed by atoms with Crippen molar-refractivity contribution in [3.8, 4) is 33.4 Å². The van der Waals surface area contributed by atoms with Gasteiger partial charge in [0.25, 0.3) is 0 Å². The summed E-state index contributed by atoms with van der Waals surface area (Å²) < 4.78 is 4.73. The summed E-state index contributed by atoms with van der Waals surface area (Å²) in [5.41, 5.74) is 13.5. The number of hydrogen-bond acceptors (Lipinski definition) is 0. The molecule has 0 aliphatic heterocycles. The molecule has 0 spiro atoms. The van der Waals surface area contributed by atoms with E-state index < -0.39 is 17.4 Å². The van der Waals surface area contributed by atoms with Crippen LogP contribution in [0.2, 0.25) is 0 Å². The first-order chi connectivity index (χ1) is 21.8. The molecule has 2 aliphatic carbocycles. The Hall–Kier alpha value is -4.04. The van der Waals surface area contributed by atoms with Crippen molar-refractivity contribution in [2.45, 2.75) is 12.8 Å². The Labute approximate surface area is 290 Å². The van der Waals surface area contributed by atoms with Crippen LogP contribution in [0, 0.1) is 0 Å². The van der Waals surface area contributed by atoms with Crippen molar-refractivity contribution in [1.29, 1.82) is 0 Å². The second-order valence-electron chi connectivity index (χ2n) is 11.6. The Morgan fingerprint density at radius 1 is 0.478 bits per heavy atom. The third-order valence-corrected chi connectivity index (χ3v) is 13.9. The Morgan fingerprint density at radius 3 is 1.57 bits per heavy atom. The summed E-state index contributed by atoms with van der Waals surface area (Å²) in [5.74, 6) is 0. The van der Waals surface area contributed by atoms with Crippen LogP contribution in [0.3, 0.4) is 0 Å². The van der Waals surface area contributed by atoms with Gasteiger partial charge in [0.15, 0.2) is 0 Å². The van der Waals surface area contributed by atoms with Gasteiger partial charge in [0.05, 0.1) is 0 Å². The molecule has 6 aromatic carbocycles. The third kappa shape index (κ3) is 6.07. The Morgan fingerprint density at radius 2 is 1.00 bits per heavy atom. The van der Waals surface area contributed by atoms with E-state index in [1.165, 1.54) is 59.4 Å². The van der Waals surface area contributed by atoms with Gasteiger partial charge in [-0.25, -0.2) is 0 Å². The van der Waals surface area contributed by atoms with E-state index in [-0.39, 0.29) is 24.8 Å². The van der Waals surface area contributed by atoms with E-state index >= 15 is 0 Å². The maximum Gasteiger partial charge on any atom is -1.00 e. The number of allylic oxidation sites excluding steroid dienone is 4. The van der Waals surface area contributed by atoms with Gasteiger partial charge in [-0.15, -0.1) is 0 Å². The Balaban J connectivity index is 0.00000186. The van der Waals surface area contributed by atoms with E-state index in [0.29, 0.717) is 0 Å². The first kappa shape index (κ1) is 31.9. The van der Waals surface area contributed by atoms with Crippen LogP contribution in [0.25, 0.3) is 33.4 Å².